The van der Waals surface area contributed by atoms with Gasteiger partial charge in [-0.15, -0.1) is 0 Å². The molecule has 0 N–H and O–H groups in total. The SMILES string of the molecule is Fc1c(F)c(F)c(Cc2cccc(-c3ncc4ccccc4n3)n2)c(F)c1F. The van der Waals surface area contributed by atoms with Gasteiger partial charge in [0.05, 0.1) is 5.52 Å². The highest BCUT2D eigenvalue weighted by molar-refractivity contribution is 5.79. The second kappa shape index (κ2) is 6.95. The van der Waals surface area contributed by atoms with Crippen LogP contribution in [0.5, 0.6) is 0 Å². The van der Waals surface area contributed by atoms with Gasteiger partial charge in [0.1, 0.15) is 5.69 Å². The molecule has 0 spiro atoms. The Bertz CT molecular complexity index is 1180. The summed E-state index contributed by atoms with van der Waals surface area (Å²) in [5, 5.41) is 0.823. The third-order valence-corrected chi connectivity index (χ3v) is 4.18. The van der Waals surface area contributed by atoms with Crippen LogP contribution in [-0.4, -0.2) is 15.0 Å². The van der Waals surface area contributed by atoms with E-state index in [1.165, 1.54) is 6.07 Å². The Morgan fingerprint density at radius 3 is 2.11 bits per heavy atom. The van der Waals surface area contributed by atoms with Gasteiger partial charge in [-0.25, -0.2) is 36.9 Å². The van der Waals surface area contributed by atoms with Gasteiger partial charge in [-0.1, -0.05) is 24.3 Å². The molecule has 4 rings (SSSR count). The summed E-state index contributed by atoms with van der Waals surface area (Å²) in [6.07, 6.45) is 1.03. The molecule has 2 heterocycles. The van der Waals surface area contributed by atoms with Gasteiger partial charge in [0, 0.05) is 29.3 Å². The fraction of sp³-hybridized carbons (Fsp3) is 0.0500. The molecule has 0 amide bonds. The van der Waals surface area contributed by atoms with E-state index in [9.17, 15) is 22.0 Å². The molecule has 0 aliphatic heterocycles. The van der Waals surface area contributed by atoms with Crippen LogP contribution in [-0.2, 0) is 6.42 Å². The number of hydrogen-bond acceptors (Lipinski definition) is 3. The summed E-state index contributed by atoms with van der Waals surface area (Å²) in [7, 11) is 0. The van der Waals surface area contributed by atoms with Gasteiger partial charge >= 0.3 is 0 Å². The minimum absolute atomic E-state index is 0.109. The van der Waals surface area contributed by atoms with Crippen LogP contribution in [0.2, 0.25) is 0 Å². The van der Waals surface area contributed by atoms with Crippen LogP contribution in [0.3, 0.4) is 0 Å². The van der Waals surface area contributed by atoms with Crippen molar-refractivity contribution in [2.75, 3.05) is 0 Å². The first-order valence-corrected chi connectivity index (χ1v) is 8.14. The minimum Gasteiger partial charge on any atom is -0.249 e. The zero-order valence-electron chi connectivity index (χ0n) is 14.1. The molecule has 2 aromatic heterocycles. The number of aromatic nitrogens is 3. The van der Waals surface area contributed by atoms with E-state index in [1.54, 1.807) is 24.4 Å². The Balaban J connectivity index is 1.74. The quantitative estimate of drug-likeness (QED) is 0.283. The summed E-state index contributed by atoms with van der Waals surface area (Å²) in [4.78, 5) is 12.8. The Morgan fingerprint density at radius 2 is 1.36 bits per heavy atom. The summed E-state index contributed by atoms with van der Waals surface area (Å²) in [6.45, 7) is 0. The maximum Gasteiger partial charge on any atom is 0.200 e. The first-order valence-electron chi connectivity index (χ1n) is 8.14. The smallest absolute Gasteiger partial charge is 0.200 e. The number of para-hydroxylation sites is 1. The molecule has 0 aliphatic carbocycles. The molecule has 0 atom stereocenters. The second-order valence-corrected chi connectivity index (χ2v) is 5.99. The number of benzene rings is 2. The zero-order chi connectivity index (χ0) is 19.8. The van der Waals surface area contributed by atoms with Gasteiger partial charge in [0.25, 0.3) is 0 Å². The molecule has 0 unspecified atom stereocenters. The summed E-state index contributed by atoms with van der Waals surface area (Å²) < 4.78 is 67.8. The average molecular weight is 387 g/mol. The predicted octanol–water partition coefficient (Wildman–Crippen LogP) is 4.98. The number of hydrogen-bond donors (Lipinski definition) is 0. The van der Waals surface area contributed by atoms with Crippen molar-refractivity contribution < 1.29 is 22.0 Å². The van der Waals surface area contributed by atoms with E-state index in [2.05, 4.69) is 15.0 Å². The maximum absolute atomic E-state index is 13.9. The summed E-state index contributed by atoms with van der Waals surface area (Å²) in [5.74, 6) is -9.62. The van der Waals surface area contributed by atoms with Crippen molar-refractivity contribution in [3.63, 3.8) is 0 Å². The molecule has 0 saturated heterocycles. The second-order valence-electron chi connectivity index (χ2n) is 5.99. The van der Waals surface area contributed by atoms with Crippen LogP contribution < -0.4 is 0 Å². The van der Waals surface area contributed by atoms with Gasteiger partial charge in [-0.05, 0) is 18.2 Å². The number of pyridine rings is 1. The monoisotopic (exact) mass is 387 g/mol. The standard InChI is InChI=1S/C20H10F5N3/c21-15-12(16(22)18(24)19(25)17(15)23)8-11-5-3-7-14(27-11)20-26-9-10-4-1-2-6-13(10)28-20/h1-7,9H,8H2. The predicted molar refractivity (Wildman–Crippen MR) is 91.8 cm³/mol. The molecule has 0 aliphatic rings. The lowest BCUT2D eigenvalue weighted by molar-refractivity contribution is 0.371. The van der Waals surface area contributed by atoms with Crippen LogP contribution in [0.4, 0.5) is 22.0 Å². The molecule has 0 fully saturated rings. The Labute approximate surface area is 155 Å². The summed E-state index contributed by atoms with van der Waals surface area (Å²) in [6, 6.07) is 11.8. The van der Waals surface area contributed by atoms with Crippen molar-refractivity contribution in [3.8, 4) is 11.5 Å². The molecule has 28 heavy (non-hydrogen) atoms. The van der Waals surface area contributed by atoms with E-state index in [0.717, 1.165) is 5.39 Å². The molecule has 0 radical (unpaired) electrons. The number of fused-ring (bicyclic) bond motifs is 1. The fourth-order valence-electron chi connectivity index (χ4n) is 2.78. The van der Waals surface area contributed by atoms with Gasteiger partial charge in [-0.3, -0.25) is 0 Å². The van der Waals surface area contributed by atoms with Gasteiger partial charge in [0.2, 0.25) is 5.82 Å². The fourth-order valence-corrected chi connectivity index (χ4v) is 2.78. The van der Waals surface area contributed by atoms with E-state index in [-0.39, 0.29) is 11.5 Å². The van der Waals surface area contributed by atoms with E-state index < -0.39 is 41.1 Å². The van der Waals surface area contributed by atoms with E-state index in [4.69, 9.17) is 0 Å². The van der Waals surface area contributed by atoms with Crippen LogP contribution >= 0.6 is 0 Å². The molecule has 2 aromatic carbocycles. The number of halogens is 5. The summed E-state index contributed by atoms with van der Waals surface area (Å²) >= 11 is 0. The Morgan fingerprint density at radius 1 is 0.679 bits per heavy atom. The van der Waals surface area contributed by atoms with Crippen LogP contribution in [0.1, 0.15) is 11.3 Å². The van der Waals surface area contributed by atoms with Crippen molar-refractivity contribution in [1.82, 2.24) is 15.0 Å². The molecule has 8 heteroatoms. The topological polar surface area (TPSA) is 38.7 Å². The lowest BCUT2D eigenvalue weighted by Crippen LogP contribution is -2.08. The van der Waals surface area contributed by atoms with Crippen molar-refractivity contribution in [2.24, 2.45) is 0 Å². The molecule has 140 valence electrons. The first kappa shape index (κ1) is 18.0. The highest BCUT2D eigenvalue weighted by atomic mass is 19.2. The Hall–Kier alpha value is -3.42. The van der Waals surface area contributed by atoms with Crippen molar-refractivity contribution in [3.05, 3.63) is 89.0 Å². The molecule has 3 nitrogen and oxygen atoms in total. The van der Waals surface area contributed by atoms with Crippen molar-refractivity contribution in [1.29, 1.82) is 0 Å². The van der Waals surface area contributed by atoms with Crippen LogP contribution in [0, 0.1) is 29.1 Å². The van der Waals surface area contributed by atoms with Gasteiger partial charge in [-0.2, -0.15) is 0 Å². The number of nitrogens with zero attached hydrogens (tertiary/aromatic N) is 3. The average Bonchev–Trinajstić information content (AvgIpc) is 2.74. The number of rotatable bonds is 3. The van der Waals surface area contributed by atoms with E-state index >= 15 is 0 Å². The third-order valence-electron chi connectivity index (χ3n) is 4.18. The van der Waals surface area contributed by atoms with Crippen molar-refractivity contribution >= 4 is 10.9 Å². The highest BCUT2D eigenvalue weighted by Crippen LogP contribution is 2.25. The van der Waals surface area contributed by atoms with Crippen molar-refractivity contribution in [2.45, 2.75) is 6.42 Å². The largest absolute Gasteiger partial charge is 0.249 e. The molecule has 0 bridgehead atoms. The van der Waals surface area contributed by atoms with Crippen LogP contribution in [0.15, 0.2) is 48.7 Å². The van der Waals surface area contributed by atoms with Gasteiger partial charge < -0.3 is 0 Å². The molecular weight excluding hydrogens is 377 g/mol. The normalized spacial score (nSPS) is 11.2. The minimum atomic E-state index is -2.19. The molecule has 4 aromatic rings. The van der Waals surface area contributed by atoms with Gasteiger partial charge in [0.15, 0.2) is 29.1 Å². The Kier molecular flexibility index (Phi) is 4.46. The first-order chi connectivity index (χ1) is 13.5. The lowest BCUT2D eigenvalue weighted by Gasteiger charge is -2.09. The molecule has 0 saturated carbocycles. The van der Waals surface area contributed by atoms with Crippen LogP contribution in [0.25, 0.3) is 22.4 Å². The lowest BCUT2D eigenvalue weighted by atomic mass is 10.1. The summed E-state index contributed by atoms with van der Waals surface area (Å²) in [5.41, 5.74) is 0.157. The highest BCUT2D eigenvalue weighted by Gasteiger charge is 2.26. The van der Waals surface area contributed by atoms with E-state index in [0.29, 0.717) is 11.2 Å². The third kappa shape index (κ3) is 3.06. The zero-order valence-corrected chi connectivity index (χ0v) is 14.1. The van der Waals surface area contributed by atoms with E-state index in [1.807, 2.05) is 18.2 Å². The molecular formula is C20H10F5N3. The maximum atomic E-state index is 13.9.